The number of benzene rings is 1. The number of rotatable bonds is 8. The summed E-state index contributed by atoms with van der Waals surface area (Å²) in [5, 5.41) is 17.5. The number of hydrogen-bond acceptors (Lipinski definition) is 5. The number of carboxylic acids is 2. The minimum Gasteiger partial charge on any atom is -0.493 e. The molecule has 0 saturated carbocycles. The van der Waals surface area contributed by atoms with Crippen LogP contribution in [0.1, 0.15) is 23.7 Å². The third-order valence-corrected chi connectivity index (χ3v) is 3.88. The highest BCUT2D eigenvalue weighted by Crippen LogP contribution is 2.22. The Hall–Kier alpha value is -2.13. The summed E-state index contributed by atoms with van der Waals surface area (Å²) < 4.78 is 31.0. The van der Waals surface area contributed by atoms with Crippen LogP contribution in [0.5, 0.6) is 5.75 Å². The highest BCUT2D eigenvalue weighted by Gasteiger charge is 2.19. The van der Waals surface area contributed by atoms with Gasteiger partial charge in [0.1, 0.15) is 11.3 Å². The summed E-state index contributed by atoms with van der Waals surface area (Å²) in [6.07, 6.45) is -0.373. The maximum Gasteiger partial charge on any atom is 0.339 e. The Kier molecular flexibility index (Phi) is 5.68. The van der Waals surface area contributed by atoms with Crippen LogP contribution in [0, 0.1) is 0 Å². The molecule has 0 heterocycles. The molecule has 3 N–H and O–H groups in total. The van der Waals surface area contributed by atoms with Crippen LogP contribution in [0.3, 0.4) is 0 Å². The Labute approximate surface area is 121 Å². The molecule has 0 unspecified atom stereocenters. The normalized spacial score (nSPS) is 11.1. The molecule has 9 heteroatoms. The number of hydrogen-bond donors (Lipinski definition) is 3. The molecule has 0 atom stereocenters. The van der Waals surface area contributed by atoms with E-state index in [-0.39, 0.29) is 35.8 Å². The summed E-state index contributed by atoms with van der Waals surface area (Å²) in [6, 6.07) is 3.41. The van der Waals surface area contributed by atoms with E-state index in [9.17, 15) is 18.0 Å². The Morgan fingerprint density at radius 1 is 1.29 bits per heavy atom. The van der Waals surface area contributed by atoms with Crippen molar-refractivity contribution in [3.63, 3.8) is 0 Å². The van der Waals surface area contributed by atoms with Crippen molar-refractivity contribution in [3.8, 4) is 5.75 Å². The standard InChI is InChI=1S/C12H15NO7S/c1-2-20-10-4-3-8(7-9(10)12(16)17)21(18,19)13-6-5-11(14)15/h3-4,7,13H,2,5-6H2,1H3,(H,14,15)(H,16,17). The molecule has 0 radical (unpaired) electrons. The number of carbonyl (C=O) groups is 2. The molecular formula is C12H15NO7S. The van der Waals surface area contributed by atoms with E-state index in [2.05, 4.69) is 4.72 Å². The van der Waals surface area contributed by atoms with Crippen molar-refractivity contribution < 1.29 is 33.0 Å². The van der Waals surface area contributed by atoms with E-state index < -0.39 is 22.0 Å². The molecule has 8 nitrogen and oxygen atoms in total. The first-order valence-corrected chi connectivity index (χ1v) is 7.48. The summed E-state index contributed by atoms with van der Waals surface area (Å²) in [7, 11) is -3.98. The van der Waals surface area contributed by atoms with Crippen LogP contribution in [0.25, 0.3) is 0 Å². The number of aromatic carboxylic acids is 1. The molecule has 0 spiro atoms. The van der Waals surface area contributed by atoms with Gasteiger partial charge in [0.25, 0.3) is 0 Å². The number of carboxylic acid groups (broad SMARTS) is 2. The average molecular weight is 317 g/mol. The highest BCUT2D eigenvalue weighted by atomic mass is 32.2. The van der Waals surface area contributed by atoms with Crippen molar-refractivity contribution in [1.29, 1.82) is 0 Å². The maximum absolute atomic E-state index is 11.9. The fourth-order valence-corrected chi connectivity index (χ4v) is 2.56. The van der Waals surface area contributed by atoms with Crippen LogP contribution in [0.15, 0.2) is 23.1 Å². The largest absolute Gasteiger partial charge is 0.493 e. The molecule has 0 amide bonds. The minimum absolute atomic E-state index is 0.0643. The monoisotopic (exact) mass is 317 g/mol. The molecule has 0 bridgehead atoms. The van der Waals surface area contributed by atoms with Gasteiger partial charge in [-0.3, -0.25) is 4.79 Å². The van der Waals surface area contributed by atoms with E-state index in [1.54, 1.807) is 6.92 Å². The predicted molar refractivity (Wildman–Crippen MR) is 72.0 cm³/mol. The van der Waals surface area contributed by atoms with Gasteiger partial charge < -0.3 is 14.9 Å². The Bertz CT molecular complexity index is 639. The lowest BCUT2D eigenvalue weighted by atomic mass is 10.2. The first-order valence-electron chi connectivity index (χ1n) is 5.99. The zero-order valence-electron chi connectivity index (χ0n) is 11.2. The second kappa shape index (κ2) is 7.04. The van der Waals surface area contributed by atoms with Crippen molar-refractivity contribution >= 4 is 22.0 Å². The van der Waals surface area contributed by atoms with Gasteiger partial charge in [-0.15, -0.1) is 0 Å². The third-order valence-electron chi connectivity index (χ3n) is 2.42. The Balaban J connectivity index is 3.04. The highest BCUT2D eigenvalue weighted by molar-refractivity contribution is 7.89. The minimum atomic E-state index is -3.98. The van der Waals surface area contributed by atoms with Gasteiger partial charge in [0.2, 0.25) is 10.0 Å². The van der Waals surface area contributed by atoms with E-state index in [0.717, 1.165) is 6.07 Å². The Morgan fingerprint density at radius 2 is 1.95 bits per heavy atom. The third kappa shape index (κ3) is 4.72. The fourth-order valence-electron chi connectivity index (χ4n) is 1.50. The van der Waals surface area contributed by atoms with E-state index in [1.165, 1.54) is 12.1 Å². The number of ether oxygens (including phenoxy) is 1. The zero-order chi connectivity index (χ0) is 16.0. The molecule has 1 rings (SSSR count). The lowest BCUT2D eigenvalue weighted by Crippen LogP contribution is -2.26. The van der Waals surface area contributed by atoms with Gasteiger partial charge in [0.15, 0.2) is 0 Å². The molecule has 0 fully saturated rings. The van der Waals surface area contributed by atoms with Crippen molar-refractivity contribution in [2.45, 2.75) is 18.2 Å². The molecule has 0 aliphatic heterocycles. The second-order valence-electron chi connectivity index (χ2n) is 3.94. The molecule has 0 aliphatic carbocycles. The van der Waals surface area contributed by atoms with Gasteiger partial charge in [0, 0.05) is 6.54 Å². The van der Waals surface area contributed by atoms with Gasteiger partial charge in [-0.25, -0.2) is 17.9 Å². The second-order valence-corrected chi connectivity index (χ2v) is 5.70. The van der Waals surface area contributed by atoms with Crippen molar-refractivity contribution in [3.05, 3.63) is 23.8 Å². The summed E-state index contributed by atoms with van der Waals surface area (Å²) in [5.41, 5.74) is -0.280. The van der Waals surface area contributed by atoms with E-state index >= 15 is 0 Å². The van der Waals surface area contributed by atoms with Crippen molar-refractivity contribution in [1.82, 2.24) is 4.72 Å². The lowest BCUT2D eigenvalue weighted by molar-refractivity contribution is -0.136. The Morgan fingerprint density at radius 3 is 2.48 bits per heavy atom. The van der Waals surface area contributed by atoms with Crippen LogP contribution < -0.4 is 9.46 Å². The first kappa shape index (κ1) is 16.9. The molecule has 1 aromatic rings. The molecule has 1 aromatic carbocycles. The summed E-state index contributed by atoms with van der Waals surface area (Å²) in [5.74, 6) is -2.40. The van der Waals surface area contributed by atoms with Gasteiger partial charge in [-0.05, 0) is 25.1 Å². The summed E-state index contributed by atoms with van der Waals surface area (Å²) >= 11 is 0. The lowest BCUT2D eigenvalue weighted by Gasteiger charge is -2.10. The van der Waals surface area contributed by atoms with Gasteiger partial charge in [-0.1, -0.05) is 0 Å². The van der Waals surface area contributed by atoms with Crippen LogP contribution in [0.4, 0.5) is 0 Å². The average Bonchev–Trinajstić information content (AvgIpc) is 2.38. The number of nitrogens with one attached hydrogen (secondary N) is 1. The van der Waals surface area contributed by atoms with E-state index in [4.69, 9.17) is 14.9 Å². The molecule has 0 aromatic heterocycles. The van der Waals surface area contributed by atoms with Gasteiger partial charge in [0.05, 0.1) is 17.9 Å². The van der Waals surface area contributed by atoms with Crippen LogP contribution >= 0.6 is 0 Å². The van der Waals surface area contributed by atoms with Gasteiger partial charge in [-0.2, -0.15) is 0 Å². The smallest absolute Gasteiger partial charge is 0.339 e. The maximum atomic E-state index is 11.9. The van der Waals surface area contributed by atoms with Gasteiger partial charge >= 0.3 is 11.9 Å². The quantitative estimate of drug-likeness (QED) is 0.637. The molecule has 21 heavy (non-hydrogen) atoms. The molecule has 0 aliphatic rings. The molecule has 0 saturated heterocycles. The zero-order valence-corrected chi connectivity index (χ0v) is 12.0. The molecular weight excluding hydrogens is 302 g/mol. The fraction of sp³-hybridized carbons (Fsp3) is 0.333. The van der Waals surface area contributed by atoms with Crippen molar-refractivity contribution in [2.75, 3.05) is 13.2 Å². The van der Waals surface area contributed by atoms with Crippen molar-refractivity contribution in [2.24, 2.45) is 0 Å². The SMILES string of the molecule is CCOc1ccc(S(=O)(=O)NCCC(=O)O)cc1C(=O)O. The van der Waals surface area contributed by atoms with Crippen LogP contribution in [-0.2, 0) is 14.8 Å². The summed E-state index contributed by atoms with van der Waals surface area (Å²) in [6.45, 7) is 1.63. The summed E-state index contributed by atoms with van der Waals surface area (Å²) in [4.78, 5) is 21.2. The van der Waals surface area contributed by atoms with Crippen LogP contribution in [-0.4, -0.2) is 43.7 Å². The molecule has 116 valence electrons. The predicted octanol–water partition coefficient (Wildman–Crippen LogP) is 0.537. The van der Waals surface area contributed by atoms with E-state index in [1.807, 2.05) is 0 Å². The topological polar surface area (TPSA) is 130 Å². The number of sulfonamides is 1. The van der Waals surface area contributed by atoms with Crippen LogP contribution in [0.2, 0.25) is 0 Å². The van der Waals surface area contributed by atoms with E-state index in [0.29, 0.717) is 0 Å². The first-order chi connectivity index (χ1) is 9.77. The number of aliphatic carboxylic acids is 1.